The molecule has 0 saturated heterocycles. The van der Waals surface area contributed by atoms with Crippen molar-refractivity contribution in [2.45, 2.75) is 57.3 Å². The normalized spacial score (nSPS) is 15.2. The van der Waals surface area contributed by atoms with Crippen molar-refractivity contribution < 1.29 is 4.42 Å². The number of hydrogen-bond acceptors (Lipinski definition) is 2. The Balaban J connectivity index is 1.22. The summed E-state index contributed by atoms with van der Waals surface area (Å²) in [5, 5.41) is 7.45. The molecule has 2 heteroatoms. The summed E-state index contributed by atoms with van der Waals surface area (Å²) >= 11 is 0. The van der Waals surface area contributed by atoms with Crippen LogP contribution in [0, 0.1) is 0 Å². The highest BCUT2D eigenvalue weighted by molar-refractivity contribution is 6.09. The zero-order valence-electron chi connectivity index (χ0n) is 31.5. The molecule has 1 heterocycles. The molecule has 0 atom stereocenters. The van der Waals surface area contributed by atoms with Crippen LogP contribution in [0.5, 0.6) is 0 Å². The largest absolute Gasteiger partial charge is 0.456 e. The number of benzene rings is 8. The van der Waals surface area contributed by atoms with E-state index in [1.807, 2.05) is 0 Å². The summed E-state index contributed by atoms with van der Waals surface area (Å²) in [6, 6.07) is 58.8. The Labute approximate surface area is 322 Å². The van der Waals surface area contributed by atoms with Crippen LogP contribution in [0.25, 0.3) is 65.7 Å². The molecule has 0 radical (unpaired) electrons. The maximum Gasteiger partial charge on any atom is 0.137 e. The molecule has 9 aromatic rings. The van der Waals surface area contributed by atoms with Gasteiger partial charge in [-0.15, -0.1) is 0 Å². The van der Waals surface area contributed by atoms with E-state index in [0.29, 0.717) is 5.92 Å². The monoisotopic (exact) mass is 709 g/mol. The molecule has 1 aromatic heterocycles. The Morgan fingerprint density at radius 3 is 2.00 bits per heavy atom. The molecule has 55 heavy (non-hydrogen) atoms. The van der Waals surface area contributed by atoms with Gasteiger partial charge in [0.1, 0.15) is 11.2 Å². The number of hydrogen-bond donors (Lipinski definition) is 0. The summed E-state index contributed by atoms with van der Waals surface area (Å²) < 4.78 is 6.59. The van der Waals surface area contributed by atoms with Crippen molar-refractivity contribution >= 4 is 60.5 Å². The second kappa shape index (κ2) is 12.5. The predicted molar refractivity (Wildman–Crippen MR) is 232 cm³/mol. The summed E-state index contributed by atoms with van der Waals surface area (Å²) in [7, 11) is 0. The number of fused-ring (bicyclic) bond motifs is 8. The van der Waals surface area contributed by atoms with Crippen molar-refractivity contribution in [1.82, 2.24) is 0 Å². The Bertz CT molecular complexity index is 2960. The number of nitrogens with zero attached hydrogens (tertiary/aromatic N) is 1. The molecule has 266 valence electrons. The molecule has 0 N–H and O–H groups in total. The van der Waals surface area contributed by atoms with E-state index in [9.17, 15) is 0 Å². The molecule has 1 saturated carbocycles. The van der Waals surface area contributed by atoms with E-state index in [1.165, 1.54) is 104 Å². The van der Waals surface area contributed by atoms with E-state index in [-0.39, 0.29) is 5.41 Å². The fourth-order valence-electron chi connectivity index (χ4n) is 10.2. The number of para-hydroxylation sites is 1. The highest BCUT2D eigenvalue weighted by atomic mass is 16.3. The zero-order valence-corrected chi connectivity index (χ0v) is 31.5. The maximum atomic E-state index is 6.59. The van der Waals surface area contributed by atoms with Crippen LogP contribution in [-0.2, 0) is 5.41 Å². The smallest absolute Gasteiger partial charge is 0.137 e. The van der Waals surface area contributed by atoms with Gasteiger partial charge < -0.3 is 9.32 Å². The van der Waals surface area contributed by atoms with Gasteiger partial charge in [-0.3, -0.25) is 0 Å². The minimum absolute atomic E-state index is 0.106. The third-order valence-corrected chi connectivity index (χ3v) is 12.8. The van der Waals surface area contributed by atoms with Gasteiger partial charge in [0, 0.05) is 33.5 Å². The summed E-state index contributed by atoms with van der Waals surface area (Å²) in [6.45, 7) is 4.76. The van der Waals surface area contributed by atoms with E-state index in [1.54, 1.807) is 0 Å². The zero-order chi connectivity index (χ0) is 36.7. The third-order valence-electron chi connectivity index (χ3n) is 12.8. The fraction of sp³-hybridized carbons (Fsp3) is 0.170. The van der Waals surface area contributed by atoms with Crippen molar-refractivity contribution in [3.05, 3.63) is 174 Å². The number of anilines is 3. The van der Waals surface area contributed by atoms with Crippen molar-refractivity contribution in [2.24, 2.45) is 0 Å². The summed E-state index contributed by atoms with van der Waals surface area (Å²) in [4.78, 5) is 2.57. The second-order valence-electron chi connectivity index (χ2n) is 16.3. The Morgan fingerprint density at radius 1 is 0.509 bits per heavy atom. The first-order chi connectivity index (χ1) is 27.0. The summed E-state index contributed by atoms with van der Waals surface area (Å²) in [6.07, 6.45) is 6.28. The van der Waals surface area contributed by atoms with E-state index in [0.717, 1.165) is 27.6 Å². The standard InChI is InChI=1S/C53H43NO/c1-53(2)45-22-12-10-20-41(45)42-28-24-37(32-46(42)53)52-40-19-9-7-15-35(40)26-31-48(52)54(38-27-29-44-43-21-11-13-23-49(43)55-50(44)33-38)47-30-25-34-14-6-8-18-39(34)51(47)36-16-4-3-5-17-36/h6-15,18-33,36H,3-5,16-17H2,1-2H3. The SMILES string of the molecule is CC1(C)c2ccccc2-c2ccc(-c3c(N(c4ccc5c(c4)oc4ccccc45)c4ccc5ccccc5c4C4CCCCC4)ccc4ccccc34)cc21. The van der Waals surface area contributed by atoms with Crippen LogP contribution in [0.1, 0.15) is 68.6 Å². The second-order valence-corrected chi connectivity index (χ2v) is 16.3. The summed E-state index contributed by atoms with van der Waals surface area (Å²) in [5.41, 5.74) is 14.7. The molecule has 2 aliphatic rings. The molecule has 11 rings (SSSR count). The summed E-state index contributed by atoms with van der Waals surface area (Å²) in [5.74, 6) is 0.482. The fourth-order valence-corrected chi connectivity index (χ4v) is 10.2. The Kier molecular flexibility index (Phi) is 7.33. The predicted octanol–water partition coefficient (Wildman–Crippen LogP) is 15.4. The van der Waals surface area contributed by atoms with Gasteiger partial charge in [-0.1, -0.05) is 148 Å². The van der Waals surface area contributed by atoms with Crippen LogP contribution in [0.15, 0.2) is 162 Å². The van der Waals surface area contributed by atoms with Crippen LogP contribution < -0.4 is 4.90 Å². The lowest BCUT2D eigenvalue weighted by atomic mass is 9.80. The average molecular weight is 710 g/mol. The van der Waals surface area contributed by atoms with Crippen LogP contribution >= 0.6 is 0 Å². The molecule has 0 amide bonds. The first-order valence-electron chi connectivity index (χ1n) is 20.0. The molecule has 1 fully saturated rings. The average Bonchev–Trinajstić information content (AvgIpc) is 3.72. The first-order valence-corrected chi connectivity index (χ1v) is 20.0. The number of rotatable bonds is 5. The topological polar surface area (TPSA) is 16.4 Å². The van der Waals surface area contributed by atoms with E-state index in [4.69, 9.17) is 4.42 Å². The molecule has 0 spiro atoms. The molecule has 0 bridgehead atoms. The number of furan rings is 1. The van der Waals surface area contributed by atoms with Gasteiger partial charge in [0.15, 0.2) is 0 Å². The first kappa shape index (κ1) is 32.3. The van der Waals surface area contributed by atoms with Crippen LogP contribution in [-0.4, -0.2) is 0 Å². The minimum Gasteiger partial charge on any atom is -0.456 e. The Morgan fingerprint density at radius 2 is 1.16 bits per heavy atom. The van der Waals surface area contributed by atoms with Crippen molar-refractivity contribution in [2.75, 3.05) is 4.90 Å². The quantitative estimate of drug-likeness (QED) is 0.177. The molecule has 0 unspecified atom stereocenters. The molecular formula is C53H43NO. The maximum absolute atomic E-state index is 6.59. The van der Waals surface area contributed by atoms with Gasteiger partial charge in [0.25, 0.3) is 0 Å². The van der Waals surface area contributed by atoms with Crippen molar-refractivity contribution in [3.8, 4) is 22.3 Å². The molecule has 0 aliphatic heterocycles. The molecular weight excluding hydrogens is 667 g/mol. The van der Waals surface area contributed by atoms with E-state index >= 15 is 0 Å². The van der Waals surface area contributed by atoms with Gasteiger partial charge in [-0.2, -0.15) is 0 Å². The van der Waals surface area contributed by atoms with Crippen molar-refractivity contribution in [3.63, 3.8) is 0 Å². The highest BCUT2D eigenvalue weighted by Gasteiger charge is 2.36. The van der Waals surface area contributed by atoms with Gasteiger partial charge in [-0.25, -0.2) is 0 Å². The molecule has 8 aromatic carbocycles. The van der Waals surface area contributed by atoms with Crippen LogP contribution in [0.2, 0.25) is 0 Å². The highest BCUT2D eigenvalue weighted by Crippen LogP contribution is 2.53. The Hall–Kier alpha value is -6.12. The van der Waals surface area contributed by atoms with Crippen molar-refractivity contribution in [1.29, 1.82) is 0 Å². The van der Waals surface area contributed by atoms with Crippen LogP contribution in [0.4, 0.5) is 17.1 Å². The van der Waals surface area contributed by atoms with Crippen LogP contribution in [0.3, 0.4) is 0 Å². The minimum atomic E-state index is -0.106. The van der Waals surface area contributed by atoms with Gasteiger partial charge in [0.05, 0.1) is 11.4 Å². The lowest BCUT2D eigenvalue weighted by molar-refractivity contribution is 0.446. The van der Waals surface area contributed by atoms with E-state index in [2.05, 4.69) is 176 Å². The third kappa shape index (κ3) is 5.01. The lowest BCUT2D eigenvalue weighted by Crippen LogP contribution is -2.17. The molecule has 2 aliphatic carbocycles. The van der Waals surface area contributed by atoms with Gasteiger partial charge >= 0.3 is 0 Å². The van der Waals surface area contributed by atoms with Gasteiger partial charge in [-0.05, 0) is 110 Å². The molecule has 2 nitrogen and oxygen atoms in total. The van der Waals surface area contributed by atoms with Gasteiger partial charge in [0.2, 0.25) is 0 Å². The van der Waals surface area contributed by atoms with E-state index < -0.39 is 0 Å². The lowest BCUT2D eigenvalue weighted by Gasteiger charge is -2.34.